The van der Waals surface area contributed by atoms with Crippen LogP contribution in [0, 0.1) is 5.82 Å². The van der Waals surface area contributed by atoms with Gasteiger partial charge in [-0.15, -0.1) is 10.2 Å². The zero-order chi connectivity index (χ0) is 29.6. The topological polar surface area (TPSA) is 107 Å². The van der Waals surface area contributed by atoms with Gasteiger partial charge in [-0.2, -0.15) is 13.2 Å². The molecular weight excluding hydrogens is 566 g/mol. The number of hydrogen-bond donors (Lipinski definition) is 2. The molecule has 0 aliphatic rings. The number of thioether (sulfide) groups is 1. The molecule has 0 unspecified atom stereocenters. The number of para-hydroxylation sites is 1. The summed E-state index contributed by atoms with van der Waals surface area (Å²) in [6.45, 7) is -0.103. The molecule has 0 atom stereocenters. The van der Waals surface area contributed by atoms with Gasteiger partial charge in [-0.05, 0) is 48.5 Å². The highest BCUT2D eigenvalue weighted by molar-refractivity contribution is 7.99. The highest BCUT2D eigenvalue weighted by atomic mass is 32.2. The molecule has 2 N–H and O–H groups in total. The maximum absolute atomic E-state index is 13.6. The van der Waals surface area contributed by atoms with Crippen LogP contribution in [0.1, 0.15) is 21.7 Å². The first-order chi connectivity index (χ1) is 19.6. The van der Waals surface area contributed by atoms with Crippen molar-refractivity contribution in [2.75, 3.05) is 25.3 Å². The van der Waals surface area contributed by atoms with Crippen molar-refractivity contribution in [2.45, 2.75) is 17.9 Å². The molecule has 0 radical (unpaired) electrons. The second kappa shape index (κ2) is 12.7. The summed E-state index contributed by atoms with van der Waals surface area (Å²) < 4.78 is 65.4. The molecular formula is C27H23F4N5O4S. The Bertz CT molecular complexity index is 1520. The van der Waals surface area contributed by atoms with Gasteiger partial charge in [0.25, 0.3) is 5.91 Å². The number of benzene rings is 3. The standard InChI is InChI=1S/C27H23F4N5O4S/c1-39-19-11-16(12-20(13-19)40-2)25(38)32-14-23-34-35-26(36(23)18-9-7-17(28)8-10-18)41-15-24(37)33-22-6-4-3-5-21(22)27(29,30)31/h3-13H,14-15H2,1-2H3,(H,32,38)(H,33,37). The van der Waals surface area contributed by atoms with Crippen LogP contribution >= 0.6 is 11.8 Å². The first-order valence-corrected chi connectivity index (χ1v) is 12.9. The number of carbonyl (C=O) groups excluding carboxylic acids is 2. The van der Waals surface area contributed by atoms with Gasteiger partial charge in [-0.1, -0.05) is 23.9 Å². The Balaban J connectivity index is 1.52. The van der Waals surface area contributed by atoms with Gasteiger partial charge in [-0.3, -0.25) is 14.2 Å². The zero-order valence-electron chi connectivity index (χ0n) is 21.7. The van der Waals surface area contributed by atoms with Crippen molar-refractivity contribution in [2.24, 2.45) is 0 Å². The fraction of sp³-hybridized carbons (Fsp3) is 0.185. The Morgan fingerprint density at radius 2 is 1.61 bits per heavy atom. The number of halogens is 4. The molecule has 3 aromatic carbocycles. The summed E-state index contributed by atoms with van der Waals surface area (Å²) in [5, 5.41) is 13.4. The summed E-state index contributed by atoms with van der Waals surface area (Å²) in [4.78, 5) is 25.4. The third-order valence-electron chi connectivity index (χ3n) is 5.64. The summed E-state index contributed by atoms with van der Waals surface area (Å²) in [5.74, 6) is -0.875. The monoisotopic (exact) mass is 589 g/mol. The number of anilines is 1. The number of nitrogens with zero attached hydrogens (tertiary/aromatic N) is 3. The lowest BCUT2D eigenvalue weighted by molar-refractivity contribution is -0.137. The maximum Gasteiger partial charge on any atom is 0.418 e. The highest BCUT2D eigenvalue weighted by Gasteiger charge is 2.33. The molecule has 4 rings (SSSR count). The Hall–Kier alpha value is -4.59. The van der Waals surface area contributed by atoms with Crippen molar-refractivity contribution in [1.82, 2.24) is 20.1 Å². The number of ether oxygens (including phenoxy) is 2. The summed E-state index contributed by atoms with van der Waals surface area (Å²) in [6.07, 6.45) is -4.64. The van der Waals surface area contributed by atoms with Gasteiger partial charge in [0.2, 0.25) is 5.91 Å². The molecule has 2 amide bonds. The fourth-order valence-electron chi connectivity index (χ4n) is 3.71. The molecule has 0 spiro atoms. The third-order valence-corrected chi connectivity index (χ3v) is 6.57. The minimum atomic E-state index is -4.64. The van der Waals surface area contributed by atoms with E-state index in [1.54, 1.807) is 6.07 Å². The average molecular weight is 590 g/mol. The number of rotatable bonds is 10. The number of nitrogens with one attached hydrogen (secondary N) is 2. The number of amides is 2. The van der Waals surface area contributed by atoms with Crippen molar-refractivity contribution in [3.63, 3.8) is 0 Å². The lowest BCUT2D eigenvalue weighted by Gasteiger charge is -2.14. The molecule has 0 saturated heterocycles. The molecule has 214 valence electrons. The normalized spacial score (nSPS) is 11.2. The van der Waals surface area contributed by atoms with Gasteiger partial charge in [0.1, 0.15) is 17.3 Å². The number of hydrogen-bond acceptors (Lipinski definition) is 7. The van der Waals surface area contributed by atoms with Gasteiger partial charge in [0.15, 0.2) is 11.0 Å². The molecule has 0 aliphatic carbocycles. The molecule has 1 aromatic heterocycles. The summed E-state index contributed by atoms with van der Waals surface area (Å²) in [7, 11) is 2.91. The van der Waals surface area contributed by atoms with Gasteiger partial charge in [0, 0.05) is 17.3 Å². The van der Waals surface area contributed by atoms with E-state index in [1.807, 2.05) is 0 Å². The molecule has 0 bridgehead atoms. The number of aromatic nitrogens is 3. The van der Waals surface area contributed by atoms with Crippen LogP contribution in [-0.4, -0.2) is 46.6 Å². The van der Waals surface area contributed by atoms with E-state index in [2.05, 4.69) is 20.8 Å². The van der Waals surface area contributed by atoms with Gasteiger partial charge in [0.05, 0.1) is 37.8 Å². The average Bonchev–Trinajstić information content (AvgIpc) is 3.37. The van der Waals surface area contributed by atoms with E-state index in [4.69, 9.17) is 9.47 Å². The molecule has 1 heterocycles. The van der Waals surface area contributed by atoms with E-state index < -0.39 is 29.4 Å². The summed E-state index contributed by atoms with van der Waals surface area (Å²) >= 11 is 0.905. The van der Waals surface area contributed by atoms with Crippen LogP contribution in [0.5, 0.6) is 11.5 Å². The smallest absolute Gasteiger partial charge is 0.418 e. The van der Waals surface area contributed by atoms with Crippen molar-refractivity contribution in [1.29, 1.82) is 0 Å². The van der Waals surface area contributed by atoms with Crippen LogP contribution < -0.4 is 20.1 Å². The van der Waals surface area contributed by atoms with E-state index in [0.29, 0.717) is 17.2 Å². The van der Waals surface area contributed by atoms with E-state index >= 15 is 0 Å². The first-order valence-electron chi connectivity index (χ1n) is 11.9. The minimum Gasteiger partial charge on any atom is -0.497 e. The summed E-state index contributed by atoms with van der Waals surface area (Å²) in [6, 6.07) is 14.7. The Morgan fingerprint density at radius 1 is 0.951 bits per heavy atom. The Kier molecular flexibility index (Phi) is 9.12. The largest absolute Gasteiger partial charge is 0.497 e. The SMILES string of the molecule is COc1cc(OC)cc(C(=O)NCc2nnc(SCC(=O)Nc3ccccc3C(F)(F)F)n2-c2ccc(F)cc2)c1. The van der Waals surface area contributed by atoms with Crippen molar-refractivity contribution >= 4 is 29.3 Å². The maximum atomic E-state index is 13.6. The van der Waals surface area contributed by atoms with Crippen molar-refractivity contribution in [3.05, 3.63) is 89.5 Å². The molecule has 0 fully saturated rings. The van der Waals surface area contributed by atoms with Crippen LogP contribution in [0.3, 0.4) is 0 Å². The van der Waals surface area contributed by atoms with E-state index in [1.165, 1.54) is 67.3 Å². The van der Waals surface area contributed by atoms with Crippen molar-refractivity contribution in [3.8, 4) is 17.2 Å². The molecule has 0 aliphatic heterocycles. The van der Waals surface area contributed by atoms with E-state index in [-0.39, 0.29) is 34.5 Å². The van der Waals surface area contributed by atoms with E-state index in [9.17, 15) is 27.2 Å². The van der Waals surface area contributed by atoms with Gasteiger partial charge in [-0.25, -0.2) is 4.39 Å². The van der Waals surface area contributed by atoms with Gasteiger partial charge >= 0.3 is 6.18 Å². The molecule has 41 heavy (non-hydrogen) atoms. The van der Waals surface area contributed by atoms with Crippen molar-refractivity contribution < 1.29 is 36.6 Å². The molecule has 9 nitrogen and oxygen atoms in total. The lowest BCUT2D eigenvalue weighted by atomic mass is 10.1. The fourth-order valence-corrected chi connectivity index (χ4v) is 4.48. The van der Waals surface area contributed by atoms with E-state index in [0.717, 1.165) is 23.9 Å². The van der Waals surface area contributed by atoms with Crippen LogP contribution in [0.15, 0.2) is 71.9 Å². The van der Waals surface area contributed by atoms with Crippen LogP contribution in [0.4, 0.5) is 23.2 Å². The lowest BCUT2D eigenvalue weighted by Crippen LogP contribution is -2.24. The van der Waals surface area contributed by atoms with Crippen LogP contribution in [-0.2, 0) is 17.5 Å². The molecule has 14 heteroatoms. The Morgan fingerprint density at radius 3 is 2.24 bits per heavy atom. The zero-order valence-corrected chi connectivity index (χ0v) is 22.5. The quantitative estimate of drug-likeness (QED) is 0.196. The number of methoxy groups -OCH3 is 2. The number of carbonyl (C=O) groups is 2. The molecule has 4 aromatic rings. The van der Waals surface area contributed by atoms with Gasteiger partial charge < -0.3 is 20.1 Å². The van der Waals surface area contributed by atoms with Crippen LogP contribution in [0.2, 0.25) is 0 Å². The predicted octanol–water partition coefficient (Wildman–Crippen LogP) is 5.10. The highest BCUT2D eigenvalue weighted by Crippen LogP contribution is 2.34. The second-order valence-corrected chi connectivity index (χ2v) is 9.32. The predicted molar refractivity (Wildman–Crippen MR) is 143 cm³/mol. The first kappa shape index (κ1) is 29.4. The Labute approximate surface area is 235 Å². The minimum absolute atomic E-state index is 0.103. The second-order valence-electron chi connectivity index (χ2n) is 8.37. The third kappa shape index (κ3) is 7.33. The summed E-state index contributed by atoms with van der Waals surface area (Å²) in [5.41, 5.74) is -0.642. The van der Waals surface area contributed by atoms with Crippen LogP contribution in [0.25, 0.3) is 5.69 Å². The molecule has 0 saturated carbocycles. The number of alkyl halides is 3.